The first-order valence-electron chi connectivity index (χ1n) is 8.03. The van der Waals surface area contributed by atoms with E-state index < -0.39 is 30.5 Å². The monoisotopic (exact) mass is 375 g/mol. The van der Waals surface area contributed by atoms with Gasteiger partial charge in [0.1, 0.15) is 17.9 Å². The molecule has 3 rings (SSSR count). The molecule has 1 atom stereocenters. The van der Waals surface area contributed by atoms with E-state index >= 15 is 0 Å². The Kier molecular flexibility index (Phi) is 5.25. The topological polar surface area (TPSA) is 129 Å². The second kappa shape index (κ2) is 7.77. The number of benzene rings is 1. The lowest BCUT2D eigenvalue weighted by atomic mass is 10.2. The number of carbonyl (C=O) groups is 3. The molecule has 10 heteroatoms. The van der Waals surface area contributed by atoms with Gasteiger partial charge in [0, 0.05) is 0 Å². The van der Waals surface area contributed by atoms with Gasteiger partial charge in [0.2, 0.25) is 6.10 Å². The predicted octanol–water partition coefficient (Wildman–Crippen LogP) is 0.436. The molecule has 1 aromatic carbocycles. The number of ether oxygens (including phenoxy) is 3. The summed E-state index contributed by atoms with van der Waals surface area (Å²) in [6.45, 7) is 2.55. The van der Waals surface area contributed by atoms with Gasteiger partial charge in [-0.3, -0.25) is 20.4 Å². The Morgan fingerprint density at radius 1 is 1.19 bits per heavy atom. The van der Waals surface area contributed by atoms with Crippen molar-refractivity contribution in [1.29, 1.82) is 0 Å². The van der Waals surface area contributed by atoms with Crippen LogP contribution in [-0.2, 0) is 14.3 Å². The second-order valence-electron chi connectivity index (χ2n) is 5.68. The van der Waals surface area contributed by atoms with Crippen molar-refractivity contribution in [2.24, 2.45) is 0 Å². The highest BCUT2D eigenvalue weighted by Crippen LogP contribution is 2.30. The van der Waals surface area contributed by atoms with Crippen molar-refractivity contribution >= 4 is 17.8 Å². The number of nitrogens with one attached hydrogen (secondary N) is 2. The molecule has 0 unspecified atom stereocenters. The van der Waals surface area contributed by atoms with Gasteiger partial charge in [-0.2, -0.15) is 0 Å². The molecular weight excluding hydrogens is 358 g/mol. The minimum atomic E-state index is -0.926. The molecule has 2 N–H and O–H groups in total. The van der Waals surface area contributed by atoms with Gasteiger partial charge >= 0.3 is 5.97 Å². The lowest BCUT2D eigenvalue weighted by molar-refractivity contribution is -0.135. The Bertz CT molecular complexity index is 858. The van der Waals surface area contributed by atoms with Crippen molar-refractivity contribution in [2.75, 3.05) is 13.2 Å². The Labute approximate surface area is 153 Å². The largest absolute Gasteiger partial charge is 0.485 e. The lowest BCUT2D eigenvalue weighted by Gasteiger charge is -2.25. The molecule has 0 fully saturated rings. The minimum absolute atomic E-state index is 0.000252. The molecule has 142 valence electrons. The summed E-state index contributed by atoms with van der Waals surface area (Å²) in [5, 5.41) is 3.63. The summed E-state index contributed by atoms with van der Waals surface area (Å²) in [4.78, 5) is 35.8. The van der Waals surface area contributed by atoms with Crippen LogP contribution in [-0.4, -0.2) is 42.3 Å². The molecule has 0 saturated heterocycles. The fourth-order valence-corrected chi connectivity index (χ4v) is 2.37. The van der Waals surface area contributed by atoms with Crippen LogP contribution >= 0.6 is 0 Å². The third-order valence-corrected chi connectivity index (χ3v) is 3.70. The van der Waals surface area contributed by atoms with Gasteiger partial charge in [0.15, 0.2) is 18.1 Å². The van der Waals surface area contributed by atoms with Gasteiger partial charge in [0.25, 0.3) is 11.8 Å². The minimum Gasteiger partial charge on any atom is -0.485 e. The standard InChI is InChI=1S/C17H17N3O7/c1-9-15(10(2)27-20-9)17(23)25-8-14(21)18-19-16(22)13-7-24-11-5-3-4-6-12(11)26-13/h3-6,13H,7-8H2,1-2H3,(H,18,21)(H,19,22)/t13-/m1/s1. The average Bonchev–Trinajstić information content (AvgIpc) is 3.02. The third kappa shape index (κ3) is 4.17. The van der Waals surface area contributed by atoms with Crippen LogP contribution in [0.15, 0.2) is 28.8 Å². The number of esters is 1. The number of amides is 2. The van der Waals surface area contributed by atoms with Crippen molar-refractivity contribution in [1.82, 2.24) is 16.0 Å². The van der Waals surface area contributed by atoms with Crippen molar-refractivity contribution in [2.45, 2.75) is 20.0 Å². The number of rotatable bonds is 4. The van der Waals surface area contributed by atoms with Crippen molar-refractivity contribution in [3.63, 3.8) is 0 Å². The number of carbonyl (C=O) groups excluding carboxylic acids is 3. The van der Waals surface area contributed by atoms with Crippen LogP contribution in [0, 0.1) is 13.8 Å². The quantitative estimate of drug-likeness (QED) is 0.582. The molecule has 0 aliphatic carbocycles. The van der Waals surface area contributed by atoms with E-state index in [1.54, 1.807) is 38.1 Å². The van der Waals surface area contributed by atoms with Crippen molar-refractivity contribution < 1.29 is 33.1 Å². The van der Waals surface area contributed by atoms with E-state index in [4.69, 9.17) is 18.7 Å². The molecule has 0 radical (unpaired) electrons. The Morgan fingerprint density at radius 3 is 2.63 bits per heavy atom. The Hall–Kier alpha value is -3.56. The number of hydrogen-bond donors (Lipinski definition) is 2. The normalized spacial score (nSPS) is 15.0. The van der Waals surface area contributed by atoms with Gasteiger partial charge in [-0.25, -0.2) is 4.79 Å². The summed E-state index contributed by atoms with van der Waals surface area (Å²) in [5.74, 6) is -0.801. The van der Waals surface area contributed by atoms with Crippen LogP contribution in [0.25, 0.3) is 0 Å². The summed E-state index contributed by atoms with van der Waals surface area (Å²) in [7, 11) is 0. The zero-order chi connectivity index (χ0) is 19.4. The number of hydrogen-bond acceptors (Lipinski definition) is 8. The van der Waals surface area contributed by atoms with Crippen LogP contribution in [0.5, 0.6) is 11.5 Å². The lowest BCUT2D eigenvalue weighted by Crippen LogP contribution is -2.51. The summed E-state index contributed by atoms with van der Waals surface area (Å²) in [6.07, 6.45) is -0.926. The first-order chi connectivity index (χ1) is 13.0. The Morgan fingerprint density at radius 2 is 1.93 bits per heavy atom. The van der Waals surface area contributed by atoms with Gasteiger partial charge in [0.05, 0.1) is 5.69 Å². The maximum Gasteiger partial charge on any atom is 0.344 e. The Balaban J connectivity index is 1.44. The molecule has 10 nitrogen and oxygen atoms in total. The highest BCUT2D eigenvalue weighted by atomic mass is 16.6. The maximum absolute atomic E-state index is 12.1. The fraction of sp³-hybridized carbons (Fsp3) is 0.294. The zero-order valence-corrected chi connectivity index (χ0v) is 14.6. The third-order valence-electron chi connectivity index (χ3n) is 3.70. The second-order valence-corrected chi connectivity index (χ2v) is 5.68. The number of aromatic nitrogens is 1. The van der Waals surface area contributed by atoms with Crippen LogP contribution in [0.3, 0.4) is 0 Å². The van der Waals surface area contributed by atoms with Crippen LogP contribution in [0.4, 0.5) is 0 Å². The molecule has 0 saturated carbocycles. The van der Waals surface area contributed by atoms with Crippen molar-refractivity contribution in [3.05, 3.63) is 41.3 Å². The smallest absolute Gasteiger partial charge is 0.344 e. The zero-order valence-electron chi connectivity index (χ0n) is 14.6. The van der Waals surface area contributed by atoms with Gasteiger partial charge in [-0.05, 0) is 26.0 Å². The van der Waals surface area contributed by atoms with Gasteiger partial charge < -0.3 is 18.7 Å². The van der Waals surface area contributed by atoms with E-state index in [2.05, 4.69) is 16.0 Å². The van der Waals surface area contributed by atoms with E-state index in [-0.39, 0.29) is 12.2 Å². The highest BCUT2D eigenvalue weighted by Gasteiger charge is 2.27. The van der Waals surface area contributed by atoms with E-state index in [1.807, 2.05) is 0 Å². The molecule has 2 heterocycles. The van der Waals surface area contributed by atoms with E-state index in [0.717, 1.165) is 0 Å². The van der Waals surface area contributed by atoms with E-state index in [9.17, 15) is 14.4 Å². The van der Waals surface area contributed by atoms with E-state index in [0.29, 0.717) is 23.0 Å². The molecule has 0 bridgehead atoms. The molecule has 2 amide bonds. The van der Waals surface area contributed by atoms with Gasteiger partial charge in [-0.15, -0.1) is 0 Å². The summed E-state index contributed by atoms with van der Waals surface area (Å²) >= 11 is 0. The summed E-state index contributed by atoms with van der Waals surface area (Å²) < 4.78 is 20.7. The van der Waals surface area contributed by atoms with Crippen LogP contribution in [0.2, 0.25) is 0 Å². The average molecular weight is 375 g/mol. The van der Waals surface area contributed by atoms with Gasteiger partial charge in [-0.1, -0.05) is 17.3 Å². The van der Waals surface area contributed by atoms with Crippen LogP contribution < -0.4 is 20.3 Å². The molecule has 1 aliphatic rings. The molecule has 2 aromatic rings. The number of fused-ring (bicyclic) bond motifs is 1. The molecule has 27 heavy (non-hydrogen) atoms. The number of para-hydroxylation sites is 2. The fourth-order valence-electron chi connectivity index (χ4n) is 2.37. The van der Waals surface area contributed by atoms with Crippen molar-refractivity contribution in [3.8, 4) is 11.5 Å². The predicted molar refractivity (Wildman–Crippen MR) is 88.9 cm³/mol. The number of aryl methyl sites for hydroxylation is 2. The highest BCUT2D eigenvalue weighted by molar-refractivity contribution is 5.93. The number of hydrazine groups is 1. The maximum atomic E-state index is 12.1. The summed E-state index contributed by atoms with van der Waals surface area (Å²) in [5.41, 5.74) is 4.87. The molecule has 0 spiro atoms. The van der Waals surface area contributed by atoms with Crippen LogP contribution in [0.1, 0.15) is 21.8 Å². The SMILES string of the molecule is Cc1noc(C)c1C(=O)OCC(=O)NNC(=O)[C@H]1COc2ccccc2O1. The molecule has 1 aromatic heterocycles. The first-order valence-corrected chi connectivity index (χ1v) is 8.03. The van der Waals surface area contributed by atoms with E-state index in [1.165, 1.54) is 0 Å². The summed E-state index contributed by atoms with van der Waals surface area (Å²) in [6, 6.07) is 6.92. The number of nitrogens with zero attached hydrogens (tertiary/aromatic N) is 1. The first kappa shape index (κ1) is 18.2. The molecular formula is C17H17N3O7. The molecule has 1 aliphatic heterocycles.